The normalized spacial score (nSPS) is 10.6. The van der Waals surface area contributed by atoms with Gasteiger partial charge in [-0.3, -0.25) is 10.1 Å². The van der Waals surface area contributed by atoms with Gasteiger partial charge in [0.15, 0.2) is 5.58 Å². The summed E-state index contributed by atoms with van der Waals surface area (Å²) in [5.74, 6) is -0.238. The molecule has 110 valence electrons. The monoisotopic (exact) mass is 298 g/mol. The SMILES string of the molecule is COC(=O)c1cccc2nc(-c3ccc([N+](=O)[O-])cc3)oc12. The van der Waals surface area contributed by atoms with E-state index < -0.39 is 10.9 Å². The van der Waals surface area contributed by atoms with Crippen LogP contribution in [0, 0.1) is 10.1 Å². The molecule has 3 aromatic rings. The molecule has 0 aliphatic carbocycles. The minimum Gasteiger partial charge on any atom is -0.465 e. The first kappa shape index (κ1) is 13.7. The predicted molar refractivity (Wildman–Crippen MR) is 77.4 cm³/mol. The van der Waals surface area contributed by atoms with Crippen molar-refractivity contribution in [2.75, 3.05) is 7.11 Å². The number of nitrogens with zero attached hydrogens (tertiary/aromatic N) is 2. The minimum absolute atomic E-state index is 0.0184. The highest BCUT2D eigenvalue weighted by Crippen LogP contribution is 2.28. The maximum absolute atomic E-state index is 11.7. The van der Waals surface area contributed by atoms with Gasteiger partial charge in [0.05, 0.1) is 12.0 Å². The summed E-state index contributed by atoms with van der Waals surface area (Å²) in [6, 6.07) is 10.8. The lowest BCUT2D eigenvalue weighted by Gasteiger charge is -1.98. The molecule has 2 aromatic carbocycles. The fourth-order valence-electron chi connectivity index (χ4n) is 2.07. The highest BCUT2D eigenvalue weighted by atomic mass is 16.6. The smallest absolute Gasteiger partial charge is 0.341 e. The number of hydrogen-bond donors (Lipinski definition) is 0. The predicted octanol–water partition coefficient (Wildman–Crippen LogP) is 3.19. The molecule has 0 atom stereocenters. The minimum atomic E-state index is -0.517. The molecular weight excluding hydrogens is 288 g/mol. The Labute approximate surface area is 124 Å². The van der Waals surface area contributed by atoms with Crippen molar-refractivity contribution in [2.45, 2.75) is 0 Å². The Morgan fingerprint density at radius 3 is 2.59 bits per heavy atom. The molecule has 7 heteroatoms. The van der Waals surface area contributed by atoms with E-state index in [4.69, 9.17) is 9.15 Å². The van der Waals surface area contributed by atoms with Gasteiger partial charge >= 0.3 is 5.97 Å². The van der Waals surface area contributed by atoms with E-state index in [1.54, 1.807) is 30.3 Å². The van der Waals surface area contributed by atoms with E-state index in [0.717, 1.165) is 0 Å². The number of hydrogen-bond acceptors (Lipinski definition) is 6. The van der Waals surface area contributed by atoms with Crippen LogP contribution in [0.15, 0.2) is 46.9 Å². The summed E-state index contributed by atoms with van der Waals surface area (Å²) in [6.45, 7) is 0. The molecule has 7 nitrogen and oxygen atoms in total. The number of methoxy groups -OCH3 is 1. The Bertz CT molecular complexity index is 867. The van der Waals surface area contributed by atoms with Gasteiger partial charge in [-0.1, -0.05) is 6.07 Å². The fraction of sp³-hybridized carbons (Fsp3) is 0.0667. The topological polar surface area (TPSA) is 95.5 Å². The number of nitro benzene ring substituents is 1. The molecule has 22 heavy (non-hydrogen) atoms. The summed E-state index contributed by atoms with van der Waals surface area (Å²) < 4.78 is 10.3. The van der Waals surface area contributed by atoms with Crippen LogP contribution in [-0.4, -0.2) is 23.0 Å². The summed E-state index contributed by atoms with van der Waals surface area (Å²) in [6.07, 6.45) is 0. The average molecular weight is 298 g/mol. The number of carbonyl (C=O) groups is 1. The summed E-state index contributed by atoms with van der Waals surface area (Å²) in [7, 11) is 1.29. The first-order chi connectivity index (χ1) is 10.6. The summed E-state index contributed by atoms with van der Waals surface area (Å²) in [5, 5.41) is 10.7. The van der Waals surface area contributed by atoms with Crippen molar-refractivity contribution < 1.29 is 18.9 Å². The number of carbonyl (C=O) groups excluding carboxylic acids is 1. The summed E-state index contributed by atoms with van der Waals surface area (Å²) >= 11 is 0. The molecular formula is C15H10N2O5. The largest absolute Gasteiger partial charge is 0.465 e. The van der Waals surface area contributed by atoms with Gasteiger partial charge in [-0.25, -0.2) is 9.78 Å². The molecule has 0 fully saturated rings. The van der Waals surface area contributed by atoms with Gasteiger partial charge in [-0.15, -0.1) is 0 Å². The molecule has 0 aliphatic heterocycles. The zero-order valence-corrected chi connectivity index (χ0v) is 11.5. The molecule has 0 saturated carbocycles. The lowest BCUT2D eigenvalue weighted by atomic mass is 10.2. The van der Waals surface area contributed by atoms with Gasteiger partial charge in [-0.05, 0) is 24.3 Å². The number of non-ortho nitro benzene ring substituents is 1. The van der Waals surface area contributed by atoms with Crippen molar-refractivity contribution in [1.82, 2.24) is 4.98 Å². The third kappa shape index (κ3) is 2.28. The van der Waals surface area contributed by atoms with Crippen molar-refractivity contribution in [3.8, 4) is 11.5 Å². The highest BCUT2D eigenvalue weighted by Gasteiger charge is 2.17. The van der Waals surface area contributed by atoms with Gasteiger partial charge in [0.25, 0.3) is 5.69 Å². The van der Waals surface area contributed by atoms with Crippen molar-refractivity contribution in [3.63, 3.8) is 0 Å². The maximum Gasteiger partial charge on any atom is 0.341 e. The second-order valence-corrected chi connectivity index (χ2v) is 4.47. The second kappa shape index (κ2) is 5.28. The Morgan fingerprint density at radius 1 is 1.23 bits per heavy atom. The molecule has 3 rings (SSSR count). The third-order valence-electron chi connectivity index (χ3n) is 3.15. The van der Waals surface area contributed by atoms with E-state index in [1.165, 1.54) is 19.2 Å². The fourth-order valence-corrected chi connectivity index (χ4v) is 2.07. The number of oxazole rings is 1. The number of benzene rings is 2. The Hall–Kier alpha value is -3.22. The number of nitro groups is 1. The quantitative estimate of drug-likeness (QED) is 0.418. The number of esters is 1. The number of rotatable bonds is 3. The summed E-state index contributed by atoms with van der Waals surface area (Å²) in [4.78, 5) is 26.2. The molecule has 0 amide bonds. The third-order valence-corrected chi connectivity index (χ3v) is 3.15. The van der Waals surface area contributed by atoms with Crippen LogP contribution in [0.1, 0.15) is 10.4 Å². The molecule has 0 radical (unpaired) electrons. The molecule has 1 heterocycles. The van der Waals surface area contributed by atoms with Gasteiger partial charge in [0.1, 0.15) is 11.1 Å². The molecule has 0 saturated heterocycles. The Morgan fingerprint density at radius 2 is 1.95 bits per heavy atom. The zero-order valence-electron chi connectivity index (χ0n) is 11.5. The summed E-state index contributed by atoms with van der Waals surface area (Å²) in [5.41, 5.74) is 1.67. The van der Waals surface area contributed by atoms with Crippen LogP contribution < -0.4 is 0 Å². The molecule has 0 N–H and O–H groups in total. The first-order valence-electron chi connectivity index (χ1n) is 6.33. The van der Waals surface area contributed by atoms with Crippen molar-refractivity contribution in [3.05, 3.63) is 58.1 Å². The molecule has 0 aliphatic rings. The number of para-hydroxylation sites is 1. The lowest BCUT2D eigenvalue weighted by Crippen LogP contribution is -2.00. The highest BCUT2D eigenvalue weighted by molar-refractivity contribution is 6.01. The zero-order chi connectivity index (χ0) is 15.7. The molecule has 1 aromatic heterocycles. The van der Waals surface area contributed by atoms with Crippen LogP contribution in [0.3, 0.4) is 0 Å². The first-order valence-corrected chi connectivity index (χ1v) is 6.33. The number of ether oxygens (including phenoxy) is 1. The maximum atomic E-state index is 11.7. The van der Waals surface area contributed by atoms with Crippen LogP contribution in [0.25, 0.3) is 22.6 Å². The van der Waals surface area contributed by atoms with E-state index in [-0.39, 0.29) is 17.1 Å². The number of fused-ring (bicyclic) bond motifs is 1. The van der Waals surface area contributed by atoms with Crippen molar-refractivity contribution in [2.24, 2.45) is 0 Å². The van der Waals surface area contributed by atoms with Crippen LogP contribution in [-0.2, 0) is 4.74 Å². The average Bonchev–Trinajstić information content (AvgIpc) is 2.98. The van der Waals surface area contributed by atoms with Gasteiger partial charge in [0, 0.05) is 17.7 Å². The van der Waals surface area contributed by atoms with Crippen LogP contribution >= 0.6 is 0 Å². The van der Waals surface area contributed by atoms with E-state index in [2.05, 4.69) is 4.98 Å². The van der Waals surface area contributed by atoms with Crippen LogP contribution in [0.2, 0.25) is 0 Å². The molecule has 0 unspecified atom stereocenters. The Balaban J connectivity index is 2.08. The van der Waals surface area contributed by atoms with E-state index in [0.29, 0.717) is 16.7 Å². The van der Waals surface area contributed by atoms with Gasteiger partial charge in [0.2, 0.25) is 5.89 Å². The van der Waals surface area contributed by atoms with E-state index >= 15 is 0 Å². The second-order valence-electron chi connectivity index (χ2n) is 4.47. The van der Waals surface area contributed by atoms with Gasteiger partial charge < -0.3 is 9.15 Å². The number of aromatic nitrogens is 1. The Kier molecular flexibility index (Phi) is 3.30. The van der Waals surface area contributed by atoms with Gasteiger partial charge in [-0.2, -0.15) is 0 Å². The standard InChI is InChI=1S/C15H10N2O5/c1-21-15(18)11-3-2-4-12-13(11)22-14(16-12)9-5-7-10(8-6-9)17(19)20/h2-8H,1H3. The molecule has 0 spiro atoms. The molecule has 0 bridgehead atoms. The lowest BCUT2D eigenvalue weighted by molar-refractivity contribution is -0.384. The van der Waals surface area contributed by atoms with Crippen molar-refractivity contribution in [1.29, 1.82) is 0 Å². The van der Waals surface area contributed by atoms with Crippen LogP contribution in [0.5, 0.6) is 0 Å². The van der Waals surface area contributed by atoms with Crippen LogP contribution in [0.4, 0.5) is 5.69 Å². The van der Waals surface area contributed by atoms with E-state index in [1.807, 2.05) is 0 Å². The van der Waals surface area contributed by atoms with E-state index in [9.17, 15) is 14.9 Å². The van der Waals surface area contributed by atoms with Crippen molar-refractivity contribution >= 4 is 22.8 Å².